The third kappa shape index (κ3) is 3.56. The largest absolute Gasteiger partial charge is 0.481 e. The van der Waals surface area contributed by atoms with Crippen LogP contribution in [0.4, 0.5) is 0 Å². The number of aromatic nitrogens is 1. The summed E-state index contributed by atoms with van der Waals surface area (Å²) >= 11 is 1.64. The molecule has 1 aliphatic carbocycles. The van der Waals surface area contributed by atoms with Crippen molar-refractivity contribution in [1.82, 2.24) is 4.98 Å². The van der Waals surface area contributed by atoms with Gasteiger partial charge in [-0.15, -0.1) is 11.3 Å². The van der Waals surface area contributed by atoms with E-state index in [4.69, 9.17) is 0 Å². The van der Waals surface area contributed by atoms with E-state index in [0.717, 1.165) is 25.7 Å². The molecule has 1 aliphatic rings. The van der Waals surface area contributed by atoms with Gasteiger partial charge in [-0.2, -0.15) is 0 Å². The highest BCUT2D eigenvalue weighted by atomic mass is 32.1. The zero-order valence-corrected chi connectivity index (χ0v) is 12.7. The number of nitrogens with zero attached hydrogens (tertiary/aromatic N) is 1. The molecular formula is C15H23NO2S. The molecule has 0 bridgehead atoms. The van der Waals surface area contributed by atoms with E-state index < -0.39 is 5.97 Å². The van der Waals surface area contributed by atoms with Gasteiger partial charge in [0.2, 0.25) is 0 Å². The number of hydrogen-bond donors (Lipinski definition) is 1. The molecule has 1 fully saturated rings. The van der Waals surface area contributed by atoms with Gasteiger partial charge in [0.15, 0.2) is 0 Å². The molecule has 0 radical (unpaired) electrons. The lowest BCUT2D eigenvalue weighted by molar-refractivity contribution is -0.146. The number of carboxylic acid groups (broad SMARTS) is 1. The van der Waals surface area contributed by atoms with Gasteiger partial charge < -0.3 is 5.11 Å². The van der Waals surface area contributed by atoms with Gasteiger partial charge in [0.1, 0.15) is 0 Å². The van der Waals surface area contributed by atoms with Gasteiger partial charge in [0.05, 0.1) is 11.4 Å². The zero-order valence-electron chi connectivity index (χ0n) is 11.9. The molecule has 0 aliphatic heterocycles. The number of aliphatic carboxylic acids is 1. The van der Waals surface area contributed by atoms with Crippen LogP contribution in [-0.2, 0) is 11.2 Å². The van der Waals surface area contributed by atoms with Crippen LogP contribution in [0.1, 0.15) is 44.9 Å². The monoisotopic (exact) mass is 281 g/mol. The topological polar surface area (TPSA) is 50.2 Å². The quantitative estimate of drug-likeness (QED) is 0.915. The minimum atomic E-state index is -0.623. The van der Waals surface area contributed by atoms with Gasteiger partial charge in [-0.05, 0) is 42.9 Å². The fourth-order valence-electron chi connectivity index (χ4n) is 3.20. The third-order valence-electron chi connectivity index (χ3n) is 4.47. The lowest BCUT2D eigenvalue weighted by atomic mass is 9.65. The smallest absolute Gasteiger partial charge is 0.306 e. The zero-order chi connectivity index (χ0) is 14.0. The average molecular weight is 281 g/mol. The van der Waals surface area contributed by atoms with Crippen LogP contribution in [0.3, 0.4) is 0 Å². The maximum absolute atomic E-state index is 11.4. The summed E-state index contributed by atoms with van der Waals surface area (Å²) in [5.41, 5.74) is 2.10. The predicted octanol–water partition coefficient (Wildman–Crippen LogP) is 3.85. The summed E-state index contributed by atoms with van der Waals surface area (Å²) in [6.07, 6.45) is 5.64. The first kappa shape index (κ1) is 14.5. The summed E-state index contributed by atoms with van der Waals surface area (Å²) in [4.78, 5) is 16.7. The van der Waals surface area contributed by atoms with Crippen molar-refractivity contribution < 1.29 is 9.90 Å². The highest BCUT2D eigenvalue weighted by molar-refractivity contribution is 7.09. The molecule has 3 unspecified atom stereocenters. The van der Waals surface area contributed by atoms with Gasteiger partial charge in [-0.1, -0.05) is 20.8 Å². The van der Waals surface area contributed by atoms with E-state index in [1.807, 2.05) is 11.7 Å². The minimum Gasteiger partial charge on any atom is -0.481 e. The molecule has 1 N–H and O–H groups in total. The lowest BCUT2D eigenvalue weighted by Gasteiger charge is -2.40. The van der Waals surface area contributed by atoms with E-state index >= 15 is 0 Å². The molecular weight excluding hydrogens is 258 g/mol. The standard InChI is InChI=1S/C15H23NO2S/c1-15(2,3)11-4-5-13(14(17)18)10(6-11)7-12-8-16-9-19-12/h8-11,13H,4-7H2,1-3H3,(H,17,18). The van der Waals surface area contributed by atoms with E-state index in [2.05, 4.69) is 25.8 Å². The van der Waals surface area contributed by atoms with Crippen LogP contribution in [-0.4, -0.2) is 16.1 Å². The molecule has 0 spiro atoms. The van der Waals surface area contributed by atoms with Crippen molar-refractivity contribution >= 4 is 17.3 Å². The van der Waals surface area contributed by atoms with E-state index in [1.165, 1.54) is 4.88 Å². The highest BCUT2D eigenvalue weighted by Crippen LogP contribution is 2.44. The summed E-state index contributed by atoms with van der Waals surface area (Å²) in [5, 5.41) is 9.41. The Morgan fingerprint density at radius 2 is 2.21 bits per heavy atom. The van der Waals surface area contributed by atoms with Crippen LogP contribution in [0.2, 0.25) is 0 Å². The van der Waals surface area contributed by atoms with Gasteiger partial charge >= 0.3 is 5.97 Å². The second-order valence-electron chi connectivity index (χ2n) is 6.75. The maximum atomic E-state index is 11.4. The molecule has 1 aromatic heterocycles. The lowest BCUT2D eigenvalue weighted by Crippen LogP contribution is -2.36. The Labute approximate surface area is 119 Å². The molecule has 2 rings (SSSR count). The van der Waals surface area contributed by atoms with Crippen LogP contribution in [0.25, 0.3) is 0 Å². The number of carbonyl (C=O) groups is 1. The van der Waals surface area contributed by atoms with Gasteiger partial charge in [0, 0.05) is 11.1 Å². The molecule has 1 saturated carbocycles. The molecule has 0 aromatic carbocycles. The first-order valence-electron chi connectivity index (χ1n) is 6.98. The van der Waals surface area contributed by atoms with Crippen LogP contribution >= 0.6 is 11.3 Å². The summed E-state index contributed by atoms with van der Waals surface area (Å²) in [7, 11) is 0. The van der Waals surface area contributed by atoms with E-state index in [0.29, 0.717) is 5.92 Å². The first-order chi connectivity index (χ1) is 8.88. The fourth-order valence-corrected chi connectivity index (χ4v) is 3.89. The highest BCUT2D eigenvalue weighted by Gasteiger charge is 2.39. The van der Waals surface area contributed by atoms with Crippen molar-refractivity contribution in [1.29, 1.82) is 0 Å². The molecule has 3 atom stereocenters. The van der Waals surface area contributed by atoms with Crippen molar-refractivity contribution in [3.05, 3.63) is 16.6 Å². The molecule has 1 heterocycles. The maximum Gasteiger partial charge on any atom is 0.306 e. The number of hydrogen-bond acceptors (Lipinski definition) is 3. The minimum absolute atomic E-state index is 0.180. The van der Waals surface area contributed by atoms with Crippen LogP contribution in [0.5, 0.6) is 0 Å². The van der Waals surface area contributed by atoms with Crippen molar-refractivity contribution in [3.63, 3.8) is 0 Å². The first-order valence-corrected chi connectivity index (χ1v) is 7.86. The van der Waals surface area contributed by atoms with Crippen molar-refractivity contribution in [2.24, 2.45) is 23.2 Å². The molecule has 19 heavy (non-hydrogen) atoms. The van der Waals surface area contributed by atoms with Gasteiger partial charge in [-0.3, -0.25) is 9.78 Å². The summed E-state index contributed by atoms with van der Waals surface area (Å²) in [6, 6.07) is 0. The normalized spacial score (nSPS) is 28.3. The van der Waals surface area contributed by atoms with E-state index in [9.17, 15) is 9.90 Å². The third-order valence-corrected chi connectivity index (χ3v) is 5.27. The summed E-state index contributed by atoms with van der Waals surface area (Å²) < 4.78 is 0. The van der Waals surface area contributed by atoms with Crippen molar-refractivity contribution in [3.8, 4) is 0 Å². The summed E-state index contributed by atoms with van der Waals surface area (Å²) in [6.45, 7) is 6.80. The Morgan fingerprint density at radius 1 is 1.47 bits per heavy atom. The Bertz CT molecular complexity index is 422. The fraction of sp³-hybridized carbons (Fsp3) is 0.733. The SMILES string of the molecule is CC(C)(C)C1CCC(C(=O)O)C(Cc2cncs2)C1. The van der Waals surface area contributed by atoms with Gasteiger partial charge in [0.25, 0.3) is 0 Å². The van der Waals surface area contributed by atoms with Crippen molar-refractivity contribution in [2.75, 3.05) is 0 Å². The van der Waals surface area contributed by atoms with E-state index in [-0.39, 0.29) is 17.3 Å². The Hall–Kier alpha value is -0.900. The average Bonchev–Trinajstić information content (AvgIpc) is 2.80. The molecule has 1 aromatic rings. The van der Waals surface area contributed by atoms with E-state index in [1.54, 1.807) is 11.3 Å². The van der Waals surface area contributed by atoms with Crippen LogP contribution in [0.15, 0.2) is 11.7 Å². The molecule has 0 saturated heterocycles. The second-order valence-corrected chi connectivity index (χ2v) is 7.72. The molecule has 4 heteroatoms. The summed E-state index contributed by atoms with van der Waals surface area (Å²) in [5.74, 6) is 0.0829. The second kappa shape index (κ2) is 5.61. The predicted molar refractivity (Wildman–Crippen MR) is 77.2 cm³/mol. The Kier molecular flexibility index (Phi) is 4.29. The molecule has 0 amide bonds. The number of thiazole rings is 1. The van der Waals surface area contributed by atoms with Crippen LogP contribution < -0.4 is 0 Å². The Balaban J connectivity index is 2.11. The van der Waals surface area contributed by atoms with Crippen molar-refractivity contribution in [2.45, 2.75) is 46.5 Å². The number of rotatable bonds is 3. The molecule has 3 nitrogen and oxygen atoms in total. The van der Waals surface area contributed by atoms with Gasteiger partial charge in [-0.25, -0.2) is 0 Å². The Morgan fingerprint density at radius 3 is 2.74 bits per heavy atom. The van der Waals surface area contributed by atoms with Crippen LogP contribution in [0, 0.1) is 23.2 Å². The molecule has 106 valence electrons. The number of carboxylic acids is 1.